The quantitative estimate of drug-likeness (QED) is 0.870. The Morgan fingerprint density at radius 1 is 1.26 bits per heavy atom. The van der Waals surface area contributed by atoms with E-state index in [1.807, 2.05) is 0 Å². The summed E-state index contributed by atoms with van der Waals surface area (Å²) in [4.78, 5) is 12.1. The molecule has 19 heavy (non-hydrogen) atoms. The molecular formula is C16H22N2O. The third kappa shape index (κ3) is 2.66. The summed E-state index contributed by atoms with van der Waals surface area (Å²) in [6.45, 7) is 0.779. The molecule has 3 atom stereocenters. The molecule has 3 N–H and O–H groups in total. The zero-order valence-corrected chi connectivity index (χ0v) is 11.3. The van der Waals surface area contributed by atoms with E-state index in [1.165, 1.54) is 11.1 Å². The van der Waals surface area contributed by atoms with Crippen LogP contribution in [0.5, 0.6) is 0 Å². The van der Waals surface area contributed by atoms with Crippen molar-refractivity contribution < 1.29 is 4.79 Å². The van der Waals surface area contributed by atoms with Gasteiger partial charge in [-0.1, -0.05) is 24.3 Å². The van der Waals surface area contributed by atoms with Crippen molar-refractivity contribution >= 4 is 5.91 Å². The van der Waals surface area contributed by atoms with Gasteiger partial charge in [0.2, 0.25) is 5.91 Å². The minimum absolute atomic E-state index is 0.145. The molecule has 1 aromatic carbocycles. The lowest BCUT2D eigenvalue weighted by atomic mass is 10.0. The zero-order valence-electron chi connectivity index (χ0n) is 11.3. The first-order valence-electron chi connectivity index (χ1n) is 7.35. The van der Waals surface area contributed by atoms with Gasteiger partial charge in [-0.15, -0.1) is 0 Å². The highest BCUT2D eigenvalue weighted by molar-refractivity contribution is 5.79. The molecular weight excluding hydrogens is 236 g/mol. The van der Waals surface area contributed by atoms with Gasteiger partial charge in [0.1, 0.15) is 0 Å². The van der Waals surface area contributed by atoms with Gasteiger partial charge in [-0.25, -0.2) is 0 Å². The Hall–Kier alpha value is -1.35. The van der Waals surface area contributed by atoms with Gasteiger partial charge in [-0.05, 0) is 43.2 Å². The van der Waals surface area contributed by atoms with E-state index in [9.17, 15) is 4.79 Å². The predicted molar refractivity (Wildman–Crippen MR) is 75.8 cm³/mol. The van der Waals surface area contributed by atoms with Gasteiger partial charge in [-0.3, -0.25) is 4.79 Å². The highest BCUT2D eigenvalue weighted by Gasteiger charge is 2.29. The number of amides is 1. The smallest absolute Gasteiger partial charge is 0.223 e. The minimum Gasteiger partial charge on any atom is -0.355 e. The number of benzene rings is 1. The summed E-state index contributed by atoms with van der Waals surface area (Å²) in [5, 5.41) is 3.13. The molecule has 0 spiro atoms. The molecule has 0 aromatic heterocycles. The van der Waals surface area contributed by atoms with Crippen LogP contribution < -0.4 is 11.1 Å². The number of carbonyl (C=O) groups excluding carboxylic acids is 1. The van der Waals surface area contributed by atoms with Crippen LogP contribution in [0.3, 0.4) is 0 Å². The molecule has 0 aliphatic heterocycles. The molecule has 3 unspecified atom stereocenters. The number of hydrogen-bond acceptors (Lipinski definition) is 2. The van der Waals surface area contributed by atoms with Crippen LogP contribution in [-0.2, 0) is 11.2 Å². The van der Waals surface area contributed by atoms with Crippen molar-refractivity contribution in [1.82, 2.24) is 5.32 Å². The lowest BCUT2D eigenvalue weighted by Crippen LogP contribution is -2.33. The molecule has 1 saturated carbocycles. The first-order valence-corrected chi connectivity index (χ1v) is 7.35. The number of nitrogens with one attached hydrogen (secondary N) is 1. The summed E-state index contributed by atoms with van der Waals surface area (Å²) in [6.07, 6.45) is 5.10. The third-order valence-electron chi connectivity index (χ3n) is 4.62. The Kier molecular flexibility index (Phi) is 3.56. The van der Waals surface area contributed by atoms with Gasteiger partial charge in [-0.2, -0.15) is 0 Å². The maximum absolute atomic E-state index is 12.1. The monoisotopic (exact) mass is 258 g/mol. The van der Waals surface area contributed by atoms with E-state index in [0.717, 1.165) is 38.6 Å². The second-order valence-electron chi connectivity index (χ2n) is 5.95. The van der Waals surface area contributed by atoms with Crippen LogP contribution in [0, 0.1) is 5.92 Å². The standard InChI is InChI=1S/C16H22N2O/c17-14-8-7-12(9-14)16(19)18-10-13-6-5-11-3-1-2-4-15(11)13/h1-4,12-14H,5-10,17H2,(H,18,19). The van der Waals surface area contributed by atoms with Crippen LogP contribution in [0.1, 0.15) is 42.7 Å². The second-order valence-corrected chi connectivity index (χ2v) is 5.95. The fourth-order valence-corrected chi connectivity index (χ4v) is 3.48. The van der Waals surface area contributed by atoms with Crippen molar-refractivity contribution in [2.75, 3.05) is 6.54 Å². The summed E-state index contributed by atoms with van der Waals surface area (Å²) >= 11 is 0. The topological polar surface area (TPSA) is 55.1 Å². The molecule has 2 aliphatic carbocycles. The Labute approximate surface area is 114 Å². The highest BCUT2D eigenvalue weighted by Crippen LogP contribution is 2.32. The lowest BCUT2D eigenvalue weighted by molar-refractivity contribution is -0.124. The molecule has 3 rings (SSSR count). The first-order chi connectivity index (χ1) is 9.24. The summed E-state index contributed by atoms with van der Waals surface area (Å²) < 4.78 is 0. The van der Waals surface area contributed by atoms with Gasteiger partial charge in [0.05, 0.1) is 0 Å². The highest BCUT2D eigenvalue weighted by atomic mass is 16.1. The maximum Gasteiger partial charge on any atom is 0.223 e. The number of carbonyl (C=O) groups is 1. The number of aryl methyl sites for hydroxylation is 1. The molecule has 1 aromatic rings. The Morgan fingerprint density at radius 2 is 2.11 bits per heavy atom. The van der Waals surface area contributed by atoms with E-state index in [4.69, 9.17) is 5.73 Å². The van der Waals surface area contributed by atoms with Crippen LogP contribution >= 0.6 is 0 Å². The van der Waals surface area contributed by atoms with E-state index in [-0.39, 0.29) is 17.9 Å². The van der Waals surface area contributed by atoms with Gasteiger partial charge in [0.15, 0.2) is 0 Å². The maximum atomic E-state index is 12.1. The van der Waals surface area contributed by atoms with E-state index >= 15 is 0 Å². The van der Waals surface area contributed by atoms with E-state index in [0.29, 0.717) is 5.92 Å². The number of fused-ring (bicyclic) bond motifs is 1. The third-order valence-corrected chi connectivity index (χ3v) is 4.62. The molecule has 1 fully saturated rings. The van der Waals surface area contributed by atoms with Gasteiger partial charge >= 0.3 is 0 Å². The van der Waals surface area contributed by atoms with Crippen LogP contribution in [0.15, 0.2) is 24.3 Å². The summed E-state index contributed by atoms with van der Waals surface area (Å²) in [5.74, 6) is 0.846. The molecule has 0 radical (unpaired) electrons. The molecule has 3 heteroatoms. The van der Waals surface area contributed by atoms with Crippen molar-refractivity contribution in [3.63, 3.8) is 0 Å². The molecule has 0 saturated heterocycles. The molecule has 0 heterocycles. The Balaban J connectivity index is 1.55. The molecule has 102 valence electrons. The summed E-state index contributed by atoms with van der Waals surface area (Å²) in [5.41, 5.74) is 8.74. The van der Waals surface area contributed by atoms with Crippen molar-refractivity contribution in [2.45, 2.75) is 44.1 Å². The zero-order chi connectivity index (χ0) is 13.2. The summed E-state index contributed by atoms with van der Waals surface area (Å²) in [6, 6.07) is 8.81. The summed E-state index contributed by atoms with van der Waals surface area (Å²) in [7, 11) is 0. The van der Waals surface area contributed by atoms with Gasteiger partial charge < -0.3 is 11.1 Å². The van der Waals surface area contributed by atoms with Crippen molar-refractivity contribution in [3.8, 4) is 0 Å². The van der Waals surface area contributed by atoms with Crippen molar-refractivity contribution in [2.24, 2.45) is 11.7 Å². The number of hydrogen-bond donors (Lipinski definition) is 2. The van der Waals surface area contributed by atoms with Crippen LogP contribution in [0.2, 0.25) is 0 Å². The lowest BCUT2D eigenvalue weighted by Gasteiger charge is -2.15. The normalized spacial score (nSPS) is 29.2. The van der Waals surface area contributed by atoms with Gasteiger partial charge in [0, 0.05) is 24.4 Å². The second kappa shape index (κ2) is 5.33. The van der Waals surface area contributed by atoms with Crippen LogP contribution in [0.25, 0.3) is 0 Å². The van der Waals surface area contributed by atoms with Crippen LogP contribution in [0.4, 0.5) is 0 Å². The van der Waals surface area contributed by atoms with E-state index in [2.05, 4.69) is 29.6 Å². The molecule has 0 bridgehead atoms. The largest absolute Gasteiger partial charge is 0.355 e. The first kappa shape index (κ1) is 12.7. The average Bonchev–Trinajstić information content (AvgIpc) is 3.02. The van der Waals surface area contributed by atoms with Crippen LogP contribution in [-0.4, -0.2) is 18.5 Å². The van der Waals surface area contributed by atoms with Gasteiger partial charge in [0.25, 0.3) is 0 Å². The molecule has 3 nitrogen and oxygen atoms in total. The Morgan fingerprint density at radius 3 is 2.89 bits per heavy atom. The fraction of sp³-hybridized carbons (Fsp3) is 0.562. The average molecular weight is 258 g/mol. The SMILES string of the molecule is NC1CCC(C(=O)NCC2CCc3ccccc32)C1. The molecule has 1 amide bonds. The van der Waals surface area contributed by atoms with E-state index < -0.39 is 0 Å². The molecule has 2 aliphatic rings. The predicted octanol–water partition coefficient (Wildman–Crippen LogP) is 1.96. The number of rotatable bonds is 3. The number of nitrogens with two attached hydrogens (primary N) is 1. The minimum atomic E-state index is 0.145. The van der Waals surface area contributed by atoms with Crippen molar-refractivity contribution in [1.29, 1.82) is 0 Å². The fourth-order valence-electron chi connectivity index (χ4n) is 3.48. The van der Waals surface area contributed by atoms with Crippen molar-refractivity contribution in [3.05, 3.63) is 35.4 Å². The van der Waals surface area contributed by atoms with E-state index in [1.54, 1.807) is 0 Å². The Bertz CT molecular complexity index is 472.